The molecule has 7 rings (SSSR count). The van der Waals surface area contributed by atoms with Crippen molar-refractivity contribution in [2.75, 3.05) is 0 Å². The summed E-state index contributed by atoms with van der Waals surface area (Å²) in [5.41, 5.74) is 7.44. The summed E-state index contributed by atoms with van der Waals surface area (Å²) >= 11 is -0.334. The van der Waals surface area contributed by atoms with Gasteiger partial charge in [-0.25, -0.2) is 4.39 Å². The van der Waals surface area contributed by atoms with E-state index in [1.165, 1.54) is 21.3 Å². The van der Waals surface area contributed by atoms with Gasteiger partial charge in [0.05, 0.1) is 4.70 Å². The minimum atomic E-state index is -1.77. The van der Waals surface area contributed by atoms with Crippen LogP contribution in [0.15, 0.2) is 109 Å². The summed E-state index contributed by atoms with van der Waals surface area (Å²) in [6.07, 6.45) is 3.81. The molecule has 0 amide bonds. The molecule has 0 saturated carbocycles. The second kappa shape index (κ2) is 14.7. The van der Waals surface area contributed by atoms with E-state index in [0.717, 1.165) is 49.1 Å². The Morgan fingerprint density at radius 3 is 2.23 bits per heavy atom. The molecule has 0 aliphatic heterocycles. The quantitative estimate of drug-likeness (QED) is 0.127. The fraction of sp³-hybridized carbons (Fsp3) is 0.171. The van der Waals surface area contributed by atoms with E-state index >= 15 is 4.39 Å². The molecular formula is C41H37FGeIrN2S-2. The van der Waals surface area contributed by atoms with Crippen LogP contribution in [0.4, 0.5) is 4.39 Å². The van der Waals surface area contributed by atoms with Crippen molar-refractivity contribution in [3.8, 4) is 33.6 Å². The van der Waals surface area contributed by atoms with E-state index in [9.17, 15) is 0 Å². The van der Waals surface area contributed by atoms with Crippen molar-refractivity contribution < 1.29 is 25.9 Å². The molecule has 3 heterocycles. The monoisotopic (exact) mass is 876 g/mol. The van der Waals surface area contributed by atoms with E-state index in [0.29, 0.717) is 10.3 Å². The van der Waals surface area contributed by atoms with Crippen LogP contribution in [0.25, 0.3) is 53.8 Å². The minimum Gasteiger partial charge on any atom is -0.305 e. The van der Waals surface area contributed by atoms with Gasteiger partial charge in [0.1, 0.15) is 5.82 Å². The summed E-state index contributed by atoms with van der Waals surface area (Å²) in [5.74, 6) is 6.29. The Morgan fingerprint density at radius 2 is 1.55 bits per heavy atom. The molecule has 239 valence electrons. The SMILES string of the molecule is Cc1cc(-c2[c-]cccc2)nc[c]1[Ge]([CH3])([CH3])[CH3].[2H]C(C)(C)c1ccnc(-c2[c-]ccc3c2sc2c(F)c(-c4ccccc4)ccc23)c1.[Ir]. The molecule has 0 N–H and O–H groups in total. The Labute approximate surface area is 299 Å². The molecule has 2 nitrogen and oxygen atoms in total. The van der Waals surface area contributed by atoms with Gasteiger partial charge in [-0.1, -0.05) is 73.3 Å². The standard InChI is InChI=1S/C26H19FNS.C15H18GeN.Ir/c1-16(2)18-13-14-28-23(15-18)22-10-6-9-20-21-12-11-19(17-7-4-3-5-8-17)24(27)26(21)29-25(20)22;1-12-10-15(13-8-6-5-7-9-13)17-11-14(12)16(2,3)4;/h3-9,11-16H,1-2H3;5-8,10-11H,1-4H3;/q2*-1;/i16D;;. The van der Waals surface area contributed by atoms with Crippen molar-refractivity contribution in [3.05, 3.63) is 139 Å². The van der Waals surface area contributed by atoms with Gasteiger partial charge in [-0.3, -0.25) is 0 Å². The predicted molar refractivity (Wildman–Crippen MR) is 197 cm³/mol. The molecule has 0 unspecified atom stereocenters. The number of halogens is 1. The molecule has 6 heteroatoms. The number of fused-ring (bicyclic) bond motifs is 3. The summed E-state index contributed by atoms with van der Waals surface area (Å²) in [6, 6.07) is 37.8. The van der Waals surface area contributed by atoms with Crippen LogP contribution in [-0.2, 0) is 20.1 Å². The number of aromatic nitrogens is 2. The molecule has 0 bridgehead atoms. The molecule has 0 fully saturated rings. The third kappa shape index (κ3) is 7.49. The third-order valence-corrected chi connectivity index (χ3v) is 13.8. The summed E-state index contributed by atoms with van der Waals surface area (Å²) in [7, 11) is 0. The maximum absolute atomic E-state index is 15.5. The van der Waals surface area contributed by atoms with Crippen LogP contribution < -0.4 is 4.40 Å². The number of nitrogens with zero attached hydrogens (tertiary/aromatic N) is 2. The molecule has 3 aromatic heterocycles. The van der Waals surface area contributed by atoms with Gasteiger partial charge in [0.15, 0.2) is 0 Å². The molecule has 0 aliphatic rings. The van der Waals surface area contributed by atoms with Crippen LogP contribution in [0.5, 0.6) is 0 Å². The fourth-order valence-corrected chi connectivity index (χ4v) is 10.5. The van der Waals surface area contributed by atoms with Crippen molar-refractivity contribution in [2.24, 2.45) is 0 Å². The number of hydrogen-bond donors (Lipinski definition) is 0. The minimum absolute atomic E-state index is 0. The van der Waals surface area contributed by atoms with Crippen LogP contribution in [-0.4, -0.2) is 23.2 Å². The predicted octanol–water partition coefficient (Wildman–Crippen LogP) is 11.2. The fourth-order valence-electron chi connectivity index (χ4n) is 5.72. The number of hydrogen-bond acceptors (Lipinski definition) is 3. The maximum Gasteiger partial charge on any atom is 0.147 e. The van der Waals surface area contributed by atoms with E-state index < -0.39 is 19.2 Å². The first-order chi connectivity index (χ1) is 22.4. The third-order valence-electron chi connectivity index (χ3n) is 8.12. The Morgan fingerprint density at radius 1 is 0.809 bits per heavy atom. The second-order valence-electron chi connectivity index (χ2n) is 12.7. The summed E-state index contributed by atoms with van der Waals surface area (Å²) < 4.78 is 26.9. The topological polar surface area (TPSA) is 25.8 Å². The molecule has 4 aromatic carbocycles. The van der Waals surface area contributed by atoms with Crippen LogP contribution >= 0.6 is 11.3 Å². The van der Waals surface area contributed by atoms with Gasteiger partial charge < -0.3 is 4.98 Å². The van der Waals surface area contributed by atoms with Crippen LogP contribution in [0.1, 0.15) is 32.2 Å². The summed E-state index contributed by atoms with van der Waals surface area (Å²) in [4.78, 5) is 9.12. The van der Waals surface area contributed by atoms with Gasteiger partial charge in [0.2, 0.25) is 0 Å². The molecule has 0 atom stereocenters. The largest absolute Gasteiger partial charge is 0.305 e. The molecule has 0 aliphatic carbocycles. The maximum atomic E-state index is 15.5. The van der Waals surface area contributed by atoms with Gasteiger partial charge in [-0.2, -0.15) is 11.3 Å². The van der Waals surface area contributed by atoms with E-state index in [2.05, 4.69) is 64.6 Å². The Kier molecular flexibility index (Phi) is 10.5. The van der Waals surface area contributed by atoms with Crippen molar-refractivity contribution in [2.45, 2.75) is 43.9 Å². The molecule has 7 aromatic rings. The Bertz CT molecular complexity index is 2190. The van der Waals surface area contributed by atoms with Gasteiger partial charge in [0.25, 0.3) is 0 Å². The van der Waals surface area contributed by atoms with E-state index in [-0.39, 0.29) is 25.9 Å². The number of benzene rings is 4. The van der Waals surface area contributed by atoms with Gasteiger partial charge in [0, 0.05) is 33.2 Å². The molecule has 1 radical (unpaired) electrons. The van der Waals surface area contributed by atoms with E-state index in [1.54, 1.807) is 6.20 Å². The van der Waals surface area contributed by atoms with Gasteiger partial charge in [-0.05, 0) is 33.3 Å². The number of rotatable bonds is 5. The Hall–Kier alpha value is -3.48. The smallest absolute Gasteiger partial charge is 0.147 e. The first kappa shape index (κ1) is 33.4. The van der Waals surface area contributed by atoms with E-state index in [4.69, 9.17) is 1.37 Å². The normalized spacial score (nSPS) is 11.9. The average molecular weight is 875 g/mol. The molecule has 47 heavy (non-hydrogen) atoms. The zero-order valence-electron chi connectivity index (χ0n) is 28.4. The number of aryl methyl sites for hydroxylation is 1. The average Bonchev–Trinajstić information content (AvgIpc) is 3.45. The first-order valence-electron chi connectivity index (χ1n) is 15.9. The van der Waals surface area contributed by atoms with Crippen molar-refractivity contribution in [1.82, 2.24) is 9.97 Å². The van der Waals surface area contributed by atoms with Crippen LogP contribution in [0, 0.1) is 24.9 Å². The van der Waals surface area contributed by atoms with Crippen molar-refractivity contribution >= 4 is 49.2 Å². The summed E-state index contributed by atoms with van der Waals surface area (Å²) in [6.45, 7) is 5.91. The zero-order valence-corrected chi connectivity index (χ0v) is 32.7. The Balaban J connectivity index is 0.000000214. The van der Waals surface area contributed by atoms with Crippen LogP contribution in [0.2, 0.25) is 17.3 Å². The first-order valence-corrected chi connectivity index (χ1v) is 23.6. The number of thiophene rings is 1. The molecule has 0 spiro atoms. The van der Waals surface area contributed by atoms with Crippen molar-refractivity contribution in [1.29, 1.82) is 0 Å². The molecular weight excluding hydrogens is 836 g/mol. The van der Waals surface area contributed by atoms with E-state index in [1.807, 2.05) is 98.8 Å². The van der Waals surface area contributed by atoms with Crippen LogP contribution in [0.3, 0.4) is 0 Å². The molecule has 0 saturated heterocycles. The van der Waals surface area contributed by atoms with Gasteiger partial charge >= 0.3 is 106 Å². The zero-order chi connectivity index (χ0) is 33.3. The second-order valence-corrected chi connectivity index (χ2v) is 24.3. The van der Waals surface area contributed by atoms with Gasteiger partial charge in [-0.15, -0.1) is 23.8 Å². The number of pyridine rings is 2. The van der Waals surface area contributed by atoms with Crippen molar-refractivity contribution in [3.63, 3.8) is 0 Å². The summed E-state index contributed by atoms with van der Waals surface area (Å²) in [5, 5.41) is 1.90.